The number of hydrogen-bond acceptors (Lipinski definition) is 4. The van der Waals surface area contributed by atoms with Crippen molar-refractivity contribution in [1.29, 1.82) is 0 Å². The van der Waals surface area contributed by atoms with Crippen molar-refractivity contribution in [3.63, 3.8) is 0 Å². The molecule has 88 valence electrons. The zero-order valence-electron chi connectivity index (χ0n) is 9.27. The van der Waals surface area contributed by atoms with E-state index in [9.17, 15) is 4.79 Å². The third-order valence-corrected chi connectivity index (χ3v) is 4.12. The molecular formula is C11H16N2O2S. The fourth-order valence-electron chi connectivity index (χ4n) is 1.96. The van der Waals surface area contributed by atoms with Crippen molar-refractivity contribution < 1.29 is 9.90 Å². The van der Waals surface area contributed by atoms with Crippen molar-refractivity contribution in [1.82, 2.24) is 4.98 Å². The third kappa shape index (κ3) is 2.41. The highest BCUT2D eigenvalue weighted by Crippen LogP contribution is 2.29. The molecule has 2 rings (SSSR count). The lowest BCUT2D eigenvalue weighted by molar-refractivity contribution is -0.138. The molecule has 0 aromatic carbocycles. The first kappa shape index (κ1) is 11.5. The number of carboxylic acids is 1. The number of nitrogens with zero attached hydrogens (tertiary/aromatic N) is 1. The van der Waals surface area contributed by atoms with Gasteiger partial charge in [-0.3, -0.25) is 4.79 Å². The van der Waals surface area contributed by atoms with Crippen molar-refractivity contribution in [2.45, 2.75) is 38.6 Å². The molecule has 4 nitrogen and oxygen atoms in total. The summed E-state index contributed by atoms with van der Waals surface area (Å²) in [6, 6.07) is -0.829. The Hall–Kier alpha value is -0.940. The maximum atomic E-state index is 10.7. The standard InChI is InChI=1S/C11H16N2O2S/c1-6-2-3-9-8(4-6)13-10(16-9)5-7(12)11(14)15/h6-7H,2-5,12H2,1H3,(H,14,15)/t6?,7-/m1/s1. The van der Waals surface area contributed by atoms with Crippen LogP contribution in [-0.2, 0) is 24.1 Å². The number of aromatic nitrogens is 1. The van der Waals surface area contributed by atoms with Gasteiger partial charge < -0.3 is 10.8 Å². The lowest BCUT2D eigenvalue weighted by atomic mass is 9.93. The van der Waals surface area contributed by atoms with Crippen LogP contribution in [0.15, 0.2) is 0 Å². The number of thiazole rings is 1. The first-order valence-electron chi connectivity index (χ1n) is 5.52. The number of aliphatic carboxylic acids is 1. The van der Waals surface area contributed by atoms with E-state index in [1.165, 1.54) is 11.3 Å². The van der Waals surface area contributed by atoms with E-state index in [1.807, 2.05) is 0 Å². The summed E-state index contributed by atoms with van der Waals surface area (Å²) in [5.74, 6) is -0.267. The van der Waals surface area contributed by atoms with Crippen molar-refractivity contribution in [2.75, 3.05) is 0 Å². The van der Waals surface area contributed by atoms with Gasteiger partial charge in [0.05, 0.1) is 10.7 Å². The molecule has 0 fully saturated rings. The smallest absolute Gasteiger partial charge is 0.320 e. The summed E-state index contributed by atoms with van der Waals surface area (Å²) in [6.07, 6.45) is 3.66. The highest BCUT2D eigenvalue weighted by Gasteiger charge is 2.21. The second kappa shape index (κ2) is 4.51. The van der Waals surface area contributed by atoms with Crippen LogP contribution in [0.25, 0.3) is 0 Å². The summed E-state index contributed by atoms with van der Waals surface area (Å²) in [6.45, 7) is 2.23. The van der Waals surface area contributed by atoms with Gasteiger partial charge in [0, 0.05) is 11.3 Å². The molecule has 0 aliphatic heterocycles. The minimum Gasteiger partial charge on any atom is -0.480 e. The van der Waals surface area contributed by atoms with E-state index in [-0.39, 0.29) is 0 Å². The molecule has 0 saturated heterocycles. The lowest BCUT2D eigenvalue weighted by Gasteiger charge is -2.15. The normalized spacial score (nSPS) is 21.5. The van der Waals surface area contributed by atoms with Gasteiger partial charge in [0.1, 0.15) is 6.04 Å². The number of aryl methyl sites for hydroxylation is 1. The second-order valence-electron chi connectivity index (χ2n) is 4.47. The molecule has 1 aliphatic rings. The van der Waals surface area contributed by atoms with Gasteiger partial charge in [-0.25, -0.2) is 4.98 Å². The van der Waals surface area contributed by atoms with Crippen molar-refractivity contribution in [3.8, 4) is 0 Å². The Morgan fingerprint density at radius 3 is 3.19 bits per heavy atom. The van der Waals surface area contributed by atoms with Gasteiger partial charge >= 0.3 is 5.97 Å². The number of fused-ring (bicyclic) bond motifs is 1. The van der Waals surface area contributed by atoms with Crippen LogP contribution >= 0.6 is 11.3 Å². The first-order valence-corrected chi connectivity index (χ1v) is 6.33. The van der Waals surface area contributed by atoms with Crippen LogP contribution in [0.5, 0.6) is 0 Å². The molecule has 16 heavy (non-hydrogen) atoms. The summed E-state index contributed by atoms with van der Waals surface area (Å²) < 4.78 is 0. The lowest BCUT2D eigenvalue weighted by Crippen LogP contribution is -2.32. The predicted octanol–water partition coefficient (Wildman–Crippen LogP) is 1.22. The molecule has 0 spiro atoms. The highest BCUT2D eigenvalue weighted by atomic mass is 32.1. The molecule has 0 bridgehead atoms. The molecule has 1 heterocycles. The van der Waals surface area contributed by atoms with E-state index in [2.05, 4.69) is 11.9 Å². The van der Waals surface area contributed by atoms with Gasteiger partial charge in [-0.15, -0.1) is 11.3 Å². The molecule has 1 aliphatic carbocycles. The number of carboxylic acid groups (broad SMARTS) is 1. The van der Waals surface area contributed by atoms with E-state index in [4.69, 9.17) is 10.8 Å². The molecule has 0 amide bonds. The van der Waals surface area contributed by atoms with Crippen LogP contribution in [0.1, 0.15) is 28.9 Å². The maximum Gasteiger partial charge on any atom is 0.320 e. The molecule has 0 saturated carbocycles. The van der Waals surface area contributed by atoms with Crippen LogP contribution < -0.4 is 5.73 Å². The van der Waals surface area contributed by atoms with E-state index < -0.39 is 12.0 Å². The van der Waals surface area contributed by atoms with Gasteiger partial charge in [-0.1, -0.05) is 6.92 Å². The van der Waals surface area contributed by atoms with Crippen molar-refractivity contribution >= 4 is 17.3 Å². The molecule has 2 atom stereocenters. The number of carbonyl (C=O) groups is 1. The molecule has 3 N–H and O–H groups in total. The van der Waals surface area contributed by atoms with Crippen LogP contribution in [0.3, 0.4) is 0 Å². The van der Waals surface area contributed by atoms with Gasteiger partial charge in [0.25, 0.3) is 0 Å². The molecule has 0 radical (unpaired) electrons. The third-order valence-electron chi connectivity index (χ3n) is 2.94. The molecular weight excluding hydrogens is 224 g/mol. The minimum atomic E-state index is -0.957. The maximum absolute atomic E-state index is 10.7. The quantitative estimate of drug-likeness (QED) is 0.833. The zero-order valence-corrected chi connectivity index (χ0v) is 10.1. The Labute approximate surface area is 98.5 Å². The fraction of sp³-hybridized carbons (Fsp3) is 0.636. The van der Waals surface area contributed by atoms with E-state index in [0.717, 1.165) is 23.5 Å². The Bertz CT molecular complexity index is 403. The van der Waals surface area contributed by atoms with Crippen LogP contribution in [0.2, 0.25) is 0 Å². The molecule has 1 aromatic rings. The Morgan fingerprint density at radius 2 is 2.50 bits per heavy atom. The van der Waals surface area contributed by atoms with E-state index >= 15 is 0 Å². The van der Waals surface area contributed by atoms with E-state index in [1.54, 1.807) is 11.3 Å². The summed E-state index contributed by atoms with van der Waals surface area (Å²) in [4.78, 5) is 16.5. The van der Waals surface area contributed by atoms with Crippen molar-refractivity contribution in [2.24, 2.45) is 11.7 Å². The molecule has 1 aromatic heterocycles. The summed E-state index contributed by atoms with van der Waals surface area (Å²) in [7, 11) is 0. The Kier molecular flexibility index (Phi) is 3.25. The average Bonchev–Trinajstić information content (AvgIpc) is 2.58. The van der Waals surface area contributed by atoms with Gasteiger partial charge in [-0.05, 0) is 25.2 Å². The fourth-order valence-corrected chi connectivity index (χ4v) is 3.13. The topological polar surface area (TPSA) is 76.2 Å². The minimum absolute atomic E-state index is 0.349. The zero-order chi connectivity index (χ0) is 11.7. The summed E-state index contributed by atoms with van der Waals surface area (Å²) >= 11 is 1.63. The number of hydrogen-bond donors (Lipinski definition) is 2. The number of rotatable bonds is 3. The monoisotopic (exact) mass is 240 g/mol. The summed E-state index contributed by atoms with van der Waals surface area (Å²) in [5.41, 5.74) is 6.66. The Balaban J connectivity index is 2.10. The second-order valence-corrected chi connectivity index (χ2v) is 5.64. The average molecular weight is 240 g/mol. The van der Waals surface area contributed by atoms with Crippen LogP contribution in [0.4, 0.5) is 0 Å². The largest absolute Gasteiger partial charge is 0.480 e. The van der Waals surface area contributed by atoms with Crippen LogP contribution in [0, 0.1) is 5.92 Å². The van der Waals surface area contributed by atoms with E-state index in [0.29, 0.717) is 12.3 Å². The SMILES string of the molecule is CC1CCc2sc(C[C@@H](N)C(=O)O)nc2C1. The number of nitrogens with two attached hydrogens (primary N) is 1. The first-order chi connectivity index (χ1) is 7.56. The predicted molar refractivity (Wildman–Crippen MR) is 62.6 cm³/mol. The van der Waals surface area contributed by atoms with Gasteiger partial charge in [0.15, 0.2) is 0 Å². The van der Waals surface area contributed by atoms with Crippen molar-refractivity contribution in [3.05, 3.63) is 15.6 Å². The summed E-state index contributed by atoms with van der Waals surface area (Å²) in [5, 5.41) is 9.61. The van der Waals surface area contributed by atoms with Gasteiger partial charge in [-0.2, -0.15) is 0 Å². The molecule has 1 unspecified atom stereocenters. The van der Waals surface area contributed by atoms with Gasteiger partial charge in [0.2, 0.25) is 0 Å². The highest BCUT2D eigenvalue weighted by molar-refractivity contribution is 7.11. The van der Waals surface area contributed by atoms with Crippen LogP contribution in [-0.4, -0.2) is 22.1 Å². The molecule has 5 heteroatoms. The Morgan fingerprint density at radius 1 is 1.75 bits per heavy atom.